The SMILES string of the molecule is O=[N+]([O-])c1cc2c(no[n+]2[O-])c([N+](=O)[O-])c1O. The van der Waals surface area contributed by atoms with Crippen molar-refractivity contribution < 1.29 is 24.5 Å². The topological polar surface area (TPSA) is 159 Å². The van der Waals surface area contributed by atoms with Crippen molar-refractivity contribution in [1.82, 2.24) is 5.16 Å². The number of phenols is 1. The Bertz CT molecular complexity index is 647. The minimum atomic E-state index is -1.18. The van der Waals surface area contributed by atoms with Gasteiger partial charge in [0, 0.05) is 0 Å². The molecule has 2 aromatic rings. The summed E-state index contributed by atoms with van der Waals surface area (Å²) in [7, 11) is 0. The van der Waals surface area contributed by atoms with Gasteiger partial charge in [-0.25, -0.2) is 0 Å². The molecule has 1 N–H and O–H groups in total. The van der Waals surface area contributed by atoms with Crippen LogP contribution in [0.3, 0.4) is 0 Å². The average Bonchev–Trinajstić information content (AvgIpc) is 2.58. The highest BCUT2D eigenvalue weighted by atomic mass is 16.8. The number of benzene rings is 1. The Labute approximate surface area is 90.3 Å². The molecule has 11 nitrogen and oxygen atoms in total. The zero-order valence-corrected chi connectivity index (χ0v) is 7.76. The molecule has 0 aliphatic heterocycles. The second-order valence-electron chi connectivity index (χ2n) is 2.90. The summed E-state index contributed by atoms with van der Waals surface area (Å²) < 4.78 is 4.07. The molecule has 88 valence electrons. The van der Waals surface area contributed by atoms with Gasteiger partial charge >= 0.3 is 16.9 Å². The molecular weight excluding hydrogens is 240 g/mol. The highest BCUT2D eigenvalue weighted by Gasteiger charge is 2.35. The number of aromatic nitrogens is 2. The number of nitro benzene ring substituents is 2. The highest BCUT2D eigenvalue weighted by molar-refractivity contribution is 5.89. The quantitative estimate of drug-likeness (QED) is 0.436. The summed E-state index contributed by atoms with van der Waals surface area (Å²) in [5, 5.41) is 44.6. The fraction of sp³-hybridized carbons (Fsp3) is 0. The second-order valence-corrected chi connectivity index (χ2v) is 2.90. The molecule has 1 heterocycles. The molecule has 0 saturated carbocycles. The lowest BCUT2D eigenvalue weighted by atomic mass is 10.2. The van der Waals surface area contributed by atoms with E-state index in [2.05, 4.69) is 9.79 Å². The van der Waals surface area contributed by atoms with E-state index in [1.165, 1.54) is 0 Å². The van der Waals surface area contributed by atoms with E-state index in [1.54, 1.807) is 0 Å². The van der Waals surface area contributed by atoms with E-state index in [0.717, 1.165) is 0 Å². The number of rotatable bonds is 2. The van der Waals surface area contributed by atoms with E-state index in [0.29, 0.717) is 6.07 Å². The molecule has 0 bridgehead atoms. The smallest absolute Gasteiger partial charge is 0.375 e. The van der Waals surface area contributed by atoms with Crippen LogP contribution in [0.4, 0.5) is 11.4 Å². The third kappa shape index (κ3) is 1.37. The molecular formula is C6H2N4O7. The maximum Gasteiger partial charge on any atom is 0.375 e. The van der Waals surface area contributed by atoms with Crippen LogP contribution in [0.2, 0.25) is 0 Å². The van der Waals surface area contributed by atoms with Crippen LogP contribution in [0.1, 0.15) is 0 Å². The third-order valence-electron chi connectivity index (χ3n) is 1.99. The van der Waals surface area contributed by atoms with Crippen LogP contribution in [0.15, 0.2) is 10.7 Å². The van der Waals surface area contributed by atoms with Gasteiger partial charge in [0.25, 0.3) is 5.75 Å². The van der Waals surface area contributed by atoms with Gasteiger partial charge in [-0.1, -0.05) is 0 Å². The molecule has 0 aliphatic carbocycles. The number of nitro groups is 2. The number of hydrogen-bond donors (Lipinski definition) is 1. The van der Waals surface area contributed by atoms with Gasteiger partial charge in [0.15, 0.2) is 0 Å². The predicted octanol–water partition coefficient (Wildman–Crippen LogP) is -0.0168. The summed E-state index contributed by atoms with van der Waals surface area (Å²) in [6.45, 7) is 0. The van der Waals surface area contributed by atoms with Crippen LogP contribution >= 0.6 is 0 Å². The summed E-state index contributed by atoms with van der Waals surface area (Å²) in [5.74, 6) is -1.18. The summed E-state index contributed by atoms with van der Waals surface area (Å²) >= 11 is 0. The molecule has 11 heteroatoms. The molecule has 1 aromatic carbocycles. The fourth-order valence-electron chi connectivity index (χ4n) is 1.28. The lowest BCUT2D eigenvalue weighted by Gasteiger charge is -1.95. The number of phenolic OH excluding ortho intramolecular Hbond substituents is 1. The predicted molar refractivity (Wildman–Crippen MR) is 47.9 cm³/mol. The van der Waals surface area contributed by atoms with Gasteiger partial charge in [0.1, 0.15) is 0 Å². The molecule has 0 fully saturated rings. The first-order chi connectivity index (χ1) is 7.93. The minimum absolute atomic E-state index is 0.227. The molecule has 0 radical (unpaired) electrons. The monoisotopic (exact) mass is 242 g/mol. The molecule has 17 heavy (non-hydrogen) atoms. The first-order valence-electron chi connectivity index (χ1n) is 3.97. The van der Waals surface area contributed by atoms with Gasteiger partial charge < -0.3 is 10.3 Å². The van der Waals surface area contributed by atoms with Crippen LogP contribution in [-0.4, -0.2) is 20.1 Å². The maximum atomic E-state index is 11.0. The number of nitrogens with zero attached hydrogens (tertiary/aromatic N) is 4. The molecule has 1 aromatic heterocycles. The number of aromatic hydroxyl groups is 1. The van der Waals surface area contributed by atoms with Gasteiger partial charge in [-0.2, -0.15) is 0 Å². The van der Waals surface area contributed by atoms with Gasteiger partial charge in [0.05, 0.1) is 21.1 Å². The van der Waals surface area contributed by atoms with Gasteiger partial charge in [-0.3, -0.25) is 24.9 Å². The third-order valence-corrected chi connectivity index (χ3v) is 1.99. The number of hydrogen-bond acceptors (Lipinski definition) is 8. The van der Waals surface area contributed by atoms with Gasteiger partial charge in [-0.05, 0) is 4.90 Å². The van der Waals surface area contributed by atoms with Crippen molar-refractivity contribution in [2.45, 2.75) is 0 Å². The van der Waals surface area contributed by atoms with Crippen molar-refractivity contribution >= 4 is 22.4 Å². The van der Waals surface area contributed by atoms with Crippen LogP contribution in [0, 0.1) is 25.4 Å². The van der Waals surface area contributed by atoms with E-state index in [9.17, 15) is 30.5 Å². The summed E-state index contributed by atoms with van der Waals surface area (Å²) in [6.07, 6.45) is 0. The van der Waals surface area contributed by atoms with Crippen LogP contribution in [0.5, 0.6) is 5.75 Å². The van der Waals surface area contributed by atoms with Crippen molar-refractivity contribution in [3.8, 4) is 5.75 Å². The van der Waals surface area contributed by atoms with E-state index in [1.807, 2.05) is 0 Å². The molecule has 0 aliphatic rings. The van der Waals surface area contributed by atoms with E-state index in [4.69, 9.17) is 0 Å². The Balaban J connectivity index is 2.97. The van der Waals surface area contributed by atoms with Crippen molar-refractivity contribution in [1.29, 1.82) is 0 Å². The van der Waals surface area contributed by atoms with Crippen LogP contribution < -0.4 is 4.90 Å². The highest BCUT2D eigenvalue weighted by Crippen LogP contribution is 2.39. The molecule has 0 atom stereocenters. The molecule has 2 rings (SSSR count). The zero-order chi connectivity index (χ0) is 12.7. The van der Waals surface area contributed by atoms with Crippen molar-refractivity contribution in [2.75, 3.05) is 0 Å². The normalized spacial score (nSPS) is 10.6. The standard InChI is InChI=1S/C6H2N4O7/c11-6-3(8(12)13)1-2-4(5(6)9(14)15)7-17-10(2)16/h1,11H. The fourth-order valence-corrected chi connectivity index (χ4v) is 1.28. The molecule has 0 unspecified atom stereocenters. The second kappa shape index (κ2) is 3.26. The lowest BCUT2D eigenvalue weighted by Crippen LogP contribution is -2.22. The molecule has 0 saturated heterocycles. The Morgan fingerprint density at radius 3 is 2.53 bits per heavy atom. The Morgan fingerprint density at radius 2 is 2.00 bits per heavy atom. The Hall–Kier alpha value is -2.98. The Kier molecular flexibility index (Phi) is 2.02. The average molecular weight is 242 g/mol. The summed E-state index contributed by atoms with van der Waals surface area (Å²) in [6, 6.07) is 0.640. The summed E-state index contributed by atoms with van der Waals surface area (Å²) in [4.78, 5) is 18.8. The van der Waals surface area contributed by atoms with Crippen molar-refractivity contribution in [3.05, 3.63) is 31.5 Å². The lowest BCUT2D eigenvalue weighted by molar-refractivity contribution is -0.782. The van der Waals surface area contributed by atoms with Gasteiger partial charge in [0.2, 0.25) is 5.52 Å². The van der Waals surface area contributed by atoms with E-state index >= 15 is 0 Å². The molecule has 0 amide bonds. The maximum absolute atomic E-state index is 11.0. The summed E-state index contributed by atoms with van der Waals surface area (Å²) in [5.41, 5.74) is -3.10. The van der Waals surface area contributed by atoms with Crippen molar-refractivity contribution in [3.63, 3.8) is 0 Å². The zero-order valence-electron chi connectivity index (χ0n) is 7.76. The van der Waals surface area contributed by atoms with Crippen LogP contribution in [0.25, 0.3) is 11.0 Å². The largest absolute Gasteiger partial charge is 0.497 e. The first kappa shape index (κ1) is 10.5. The van der Waals surface area contributed by atoms with Gasteiger partial charge in [-0.15, -0.1) is 0 Å². The van der Waals surface area contributed by atoms with Crippen molar-refractivity contribution in [2.24, 2.45) is 0 Å². The molecule has 0 spiro atoms. The first-order valence-corrected chi connectivity index (χ1v) is 3.97. The number of fused-ring (bicyclic) bond motifs is 1. The Morgan fingerprint density at radius 1 is 1.35 bits per heavy atom. The van der Waals surface area contributed by atoms with Crippen LogP contribution in [-0.2, 0) is 0 Å². The van der Waals surface area contributed by atoms with E-state index < -0.39 is 38.0 Å². The minimum Gasteiger partial charge on any atom is -0.497 e. The van der Waals surface area contributed by atoms with E-state index in [-0.39, 0.29) is 4.90 Å².